The average molecular weight is 339 g/mol. The quantitative estimate of drug-likeness (QED) is 0.405. The molecule has 0 N–H and O–H groups in total. The van der Waals surface area contributed by atoms with E-state index in [1.807, 2.05) is 51.4 Å². The number of nitrogens with zero attached hydrogens (tertiary/aromatic N) is 3. The number of methoxy groups -OCH3 is 1. The largest absolute Gasteiger partial charge is 0.497 e. The van der Waals surface area contributed by atoms with Crippen LogP contribution in [0, 0.1) is 6.92 Å². The predicted octanol–water partition coefficient (Wildman–Crippen LogP) is 1.14. The van der Waals surface area contributed by atoms with Gasteiger partial charge in [-0.05, 0) is 36.3 Å². The molecule has 2 heterocycles. The van der Waals surface area contributed by atoms with Gasteiger partial charge in [-0.3, -0.25) is 9.36 Å². The summed E-state index contributed by atoms with van der Waals surface area (Å²) in [6.07, 6.45) is 1.93. The molecule has 0 fully saturated rings. The lowest BCUT2D eigenvalue weighted by Crippen LogP contribution is -2.35. The third kappa shape index (κ3) is 3.04. The molecule has 3 aromatic rings. The van der Waals surface area contributed by atoms with Crippen molar-refractivity contribution in [3.63, 3.8) is 0 Å². The summed E-state index contributed by atoms with van der Waals surface area (Å²) in [5, 5.41) is 1.59. The Balaban J connectivity index is 2.19. The van der Waals surface area contributed by atoms with Crippen molar-refractivity contribution in [3.05, 3.63) is 51.9 Å². The number of ether oxygens (including phenoxy) is 1. The van der Waals surface area contributed by atoms with E-state index in [1.165, 1.54) is 11.8 Å². The smallest absolute Gasteiger partial charge is 0.246 e. The van der Waals surface area contributed by atoms with E-state index in [0.717, 1.165) is 22.4 Å². The van der Waals surface area contributed by atoms with Crippen LogP contribution < -0.4 is 15.8 Å². The van der Waals surface area contributed by atoms with Crippen LogP contribution in [0.25, 0.3) is 11.0 Å². The molecule has 2 aromatic heterocycles. The molecule has 0 amide bonds. The molecule has 0 unspecified atom stereocenters. The minimum Gasteiger partial charge on any atom is -0.497 e. The fraction of sp³-hybridized carbons (Fsp3) is 0.235. The first kappa shape index (κ1) is 16.6. The van der Waals surface area contributed by atoms with Crippen LogP contribution in [0.5, 0.6) is 5.75 Å². The van der Waals surface area contributed by atoms with Crippen LogP contribution in [0.15, 0.2) is 40.3 Å². The van der Waals surface area contributed by atoms with Crippen molar-refractivity contribution in [2.45, 2.75) is 18.6 Å². The first-order chi connectivity index (χ1) is 11.5. The van der Waals surface area contributed by atoms with Crippen LogP contribution in [0.2, 0.25) is 0 Å². The molecule has 0 saturated heterocycles. The number of thioether (sulfide) groups is 1. The van der Waals surface area contributed by atoms with Crippen molar-refractivity contribution in [2.75, 3.05) is 13.4 Å². The van der Waals surface area contributed by atoms with E-state index in [-0.39, 0.29) is 5.56 Å². The number of hydrogen-bond acceptors (Lipinski definition) is 5. The van der Waals surface area contributed by atoms with Gasteiger partial charge < -0.3 is 4.74 Å². The van der Waals surface area contributed by atoms with Gasteiger partial charge in [-0.25, -0.2) is 9.97 Å². The minimum absolute atomic E-state index is 0.0246. The van der Waals surface area contributed by atoms with Crippen LogP contribution >= 0.6 is 11.8 Å². The summed E-state index contributed by atoms with van der Waals surface area (Å²) < 4.78 is 6.91. The van der Waals surface area contributed by atoms with Gasteiger partial charge in [-0.15, -0.1) is 0 Å². The van der Waals surface area contributed by atoms with Gasteiger partial charge in [0.2, 0.25) is 5.56 Å². The molecule has 5 nitrogen and oxygen atoms in total. The number of benzene rings is 1. The van der Waals surface area contributed by atoms with Crippen molar-refractivity contribution < 1.29 is 4.74 Å². The molecule has 1 aromatic carbocycles. The second-order valence-corrected chi connectivity index (χ2v) is 6.37. The molecule has 122 valence electrons. The summed E-state index contributed by atoms with van der Waals surface area (Å²) >= 11 is 1.47. The molecule has 0 aliphatic carbocycles. The lowest BCUT2D eigenvalue weighted by molar-refractivity contribution is 0.414. The van der Waals surface area contributed by atoms with Gasteiger partial charge >= 0.3 is 0 Å². The molecule has 3 rings (SSSR count). The lowest BCUT2D eigenvalue weighted by Gasteiger charge is -2.13. The topological polar surface area (TPSA) is 57.0 Å². The SMILES string of the molecule is Bc1cc2c(C)nc(SC)nc2n(Cc2ccc(OC)cc2)c1=O. The number of aryl methyl sites for hydroxylation is 1. The van der Waals surface area contributed by atoms with Crippen LogP contribution in [0.1, 0.15) is 11.3 Å². The van der Waals surface area contributed by atoms with Crippen LogP contribution in [-0.2, 0) is 6.54 Å². The van der Waals surface area contributed by atoms with Crippen molar-refractivity contribution in [1.29, 1.82) is 0 Å². The maximum absolute atomic E-state index is 12.7. The zero-order valence-corrected chi connectivity index (χ0v) is 15.0. The highest BCUT2D eigenvalue weighted by Crippen LogP contribution is 2.19. The molecule has 24 heavy (non-hydrogen) atoms. The molecule has 0 bridgehead atoms. The van der Waals surface area contributed by atoms with Gasteiger partial charge in [-0.1, -0.05) is 30.0 Å². The molecule has 0 atom stereocenters. The first-order valence-electron chi connectivity index (χ1n) is 7.59. The third-order valence-corrected chi connectivity index (χ3v) is 4.52. The second kappa shape index (κ2) is 6.69. The molecular weight excluding hydrogens is 321 g/mol. The molecule has 0 aliphatic rings. The average Bonchev–Trinajstić information content (AvgIpc) is 2.60. The standard InChI is InChI=1S/C17H18BN3O2S/c1-10-13-8-14(18)16(22)21(15(13)20-17(19-10)24-3)9-11-4-6-12(23-2)7-5-11/h4-8H,9,18H2,1-3H3. The second-order valence-electron chi connectivity index (χ2n) is 5.60. The monoisotopic (exact) mass is 339 g/mol. The molecule has 7 heteroatoms. The summed E-state index contributed by atoms with van der Waals surface area (Å²) in [7, 11) is 3.46. The Morgan fingerprint density at radius 3 is 2.58 bits per heavy atom. The number of pyridine rings is 1. The Bertz CT molecular complexity index is 955. The van der Waals surface area contributed by atoms with Gasteiger partial charge in [0.25, 0.3) is 0 Å². The van der Waals surface area contributed by atoms with E-state index < -0.39 is 0 Å². The van der Waals surface area contributed by atoms with E-state index in [1.54, 1.807) is 11.7 Å². The highest BCUT2D eigenvalue weighted by Gasteiger charge is 2.12. The van der Waals surface area contributed by atoms with Crippen molar-refractivity contribution in [3.8, 4) is 5.75 Å². The molecule has 0 radical (unpaired) electrons. The lowest BCUT2D eigenvalue weighted by atomic mass is 9.96. The number of aromatic nitrogens is 3. The fourth-order valence-electron chi connectivity index (χ4n) is 2.65. The molecule has 0 aliphatic heterocycles. The van der Waals surface area contributed by atoms with Crippen LogP contribution in [0.3, 0.4) is 0 Å². The number of rotatable bonds is 4. The summed E-state index contributed by atoms with van der Waals surface area (Å²) in [4.78, 5) is 21.7. The van der Waals surface area contributed by atoms with Crippen LogP contribution in [0.4, 0.5) is 0 Å². The van der Waals surface area contributed by atoms with Gasteiger partial charge in [0.1, 0.15) is 19.2 Å². The van der Waals surface area contributed by atoms with Crippen LogP contribution in [-0.4, -0.2) is 35.7 Å². The van der Waals surface area contributed by atoms with E-state index in [0.29, 0.717) is 22.8 Å². The number of hydrogen-bond donors (Lipinski definition) is 0. The molecule has 0 saturated carbocycles. The van der Waals surface area contributed by atoms with E-state index in [4.69, 9.17) is 4.74 Å². The maximum atomic E-state index is 12.7. The van der Waals surface area contributed by atoms with Gasteiger partial charge in [0, 0.05) is 5.39 Å². The Morgan fingerprint density at radius 1 is 1.25 bits per heavy atom. The van der Waals surface area contributed by atoms with Crippen molar-refractivity contribution in [1.82, 2.24) is 14.5 Å². The Morgan fingerprint density at radius 2 is 1.96 bits per heavy atom. The molecule has 0 spiro atoms. The Hall–Kier alpha value is -2.28. The summed E-state index contributed by atoms with van der Waals surface area (Å²) in [5.74, 6) is 0.794. The number of fused-ring (bicyclic) bond motifs is 1. The normalized spacial score (nSPS) is 11.0. The van der Waals surface area contributed by atoms with E-state index >= 15 is 0 Å². The van der Waals surface area contributed by atoms with Crippen molar-refractivity contribution in [2.24, 2.45) is 0 Å². The van der Waals surface area contributed by atoms with Gasteiger partial charge in [0.15, 0.2) is 5.16 Å². The van der Waals surface area contributed by atoms with E-state index in [9.17, 15) is 4.79 Å². The summed E-state index contributed by atoms with van der Waals surface area (Å²) in [5.41, 5.74) is 3.25. The van der Waals surface area contributed by atoms with Gasteiger partial charge in [-0.2, -0.15) is 0 Å². The predicted molar refractivity (Wildman–Crippen MR) is 101 cm³/mol. The Kier molecular flexibility index (Phi) is 4.62. The van der Waals surface area contributed by atoms with Crippen molar-refractivity contribution >= 4 is 36.1 Å². The maximum Gasteiger partial charge on any atom is 0.246 e. The fourth-order valence-corrected chi connectivity index (χ4v) is 3.06. The highest BCUT2D eigenvalue weighted by atomic mass is 32.2. The minimum atomic E-state index is -0.0246. The zero-order valence-electron chi connectivity index (χ0n) is 14.2. The third-order valence-electron chi connectivity index (χ3n) is 3.98. The molecular formula is C17H18BN3O2S. The summed E-state index contributed by atoms with van der Waals surface area (Å²) in [6, 6.07) is 9.59. The first-order valence-corrected chi connectivity index (χ1v) is 8.81. The highest BCUT2D eigenvalue weighted by molar-refractivity contribution is 7.98. The van der Waals surface area contributed by atoms with Gasteiger partial charge in [0.05, 0.1) is 19.3 Å². The van der Waals surface area contributed by atoms with E-state index in [2.05, 4.69) is 9.97 Å². The Labute approximate surface area is 145 Å². The zero-order chi connectivity index (χ0) is 17.3. The summed E-state index contributed by atoms with van der Waals surface area (Å²) in [6.45, 7) is 2.41.